The van der Waals surface area contributed by atoms with Crippen LogP contribution in [0.15, 0.2) is 18.2 Å². The summed E-state index contributed by atoms with van der Waals surface area (Å²) in [4.78, 5) is 11.5. The van der Waals surface area contributed by atoms with Crippen molar-refractivity contribution in [1.82, 2.24) is 0 Å². The zero-order chi connectivity index (χ0) is 15.6. The highest BCUT2D eigenvalue weighted by Gasteiger charge is 2.34. The van der Waals surface area contributed by atoms with Crippen molar-refractivity contribution in [3.8, 4) is 0 Å². The van der Waals surface area contributed by atoms with E-state index in [0.29, 0.717) is 12.1 Å². The lowest BCUT2D eigenvalue weighted by Gasteiger charge is -2.19. The Hall–Kier alpha value is -1.63. The van der Waals surface area contributed by atoms with E-state index in [2.05, 4.69) is 5.32 Å². The molecule has 0 aliphatic rings. The lowest BCUT2D eigenvalue weighted by Crippen LogP contribution is -2.27. The fourth-order valence-electron chi connectivity index (χ4n) is 1.30. The van der Waals surface area contributed by atoms with Gasteiger partial charge in [-0.05, 0) is 39.0 Å². The molecule has 7 heteroatoms. The first-order valence-corrected chi connectivity index (χ1v) is 5.79. The number of hydrogen-bond acceptors (Lipinski definition) is 2. The van der Waals surface area contributed by atoms with Crippen LogP contribution in [0.2, 0.25) is 0 Å². The Morgan fingerprint density at radius 3 is 2.35 bits per heavy atom. The minimum absolute atomic E-state index is 0.138. The molecule has 0 heterocycles. The van der Waals surface area contributed by atoms with Crippen molar-refractivity contribution in [3.63, 3.8) is 0 Å². The van der Waals surface area contributed by atoms with Gasteiger partial charge in [-0.3, -0.25) is 4.79 Å². The smallest absolute Gasteiger partial charge is 0.366 e. The first-order chi connectivity index (χ1) is 8.99. The number of rotatable bonds is 3. The maximum absolute atomic E-state index is 13.0. The van der Waals surface area contributed by atoms with E-state index in [1.807, 2.05) is 0 Å². The maximum Gasteiger partial charge on any atom is 0.419 e. The SMILES string of the molecule is CC(C)(C)OCC(=O)Nc1ccc(F)c(C(F)(F)F)c1. The average Bonchev–Trinajstić information content (AvgIpc) is 2.27. The Bertz CT molecular complexity index is 492. The third-order valence-electron chi connectivity index (χ3n) is 2.19. The lowest BCUT2D eigenvalue weighted by atomic mass is 10.2. The summed E-state index contributed by atoms with van der Waals surface area (Å²) in [7, 11) is 0. The van der Waals surface area contributed by atoms with Crippen LogP contribution < -0.4 is 5.32 Å². The van der Waals surface area contributed by atoms with E-state index in [9.17, 15) is 22.4 Å². The molecule has 0 aromatic heterocycles. The van der Waals surface area contributed by atoms with Gasteiger partial charge in [0.15, 0.2) is 0 Å². The number of amides is 1. The molecule has 0 bridgehead atoms. The number of ether oxygens (including phenoxy) is 1. The van der Waals surface area contributed by atoms with Crippen molar-refractivity contribution in [2.75, 3.05) is 11.9 Å². The zero-order valence-electron chi connectivity index (χ0n) is 11.3. The topological polar surface area (TPSA) is 38.3 Å². The molecule has 0 aliphatic heterocycles. The summed E-state index contributed by atoms with van der Waals surface area (Å²) in [6, 6.07) is 2.26. The van der Waals surface area contributed by atoms with Crippen LogP contribution in [0.25, 0.3) is 0 Å². The van der Waals surface area contributed by atoms with Crippen LogP contribution in [0.4, 0.5) is 23.2 Å². The maximum atomic E-state index is 13.0. The highest BCUT2D eigenvalue weighted by molar-refractivity contribution is 5.91. The number of nitrogens with one attached hydrogen (secondary N) is 1. The summed E-state index contributed by atoms with van der Waals surface area (Å²) < 4.78 is 55.7. The van der Waals surface area contributed by atoms with Gasteiger partial charge in [0.05, 0.1) is 11.2 Å². The molecule has 0 radical (unpaired) electrons. The molecule has 0 saturated carbocycles. The molecule has 1 aromatic carbocycles. The number of alkyl halides is 3. The molecule has 1 amide bonds. The van der Waals surface area contributed by atoms with Crippen LogP contribution >= 0.6 is 0 Å². The predicted molar refractivity (Wildman–Crippen MR) is 65.7 cm³/mol. The standard InChI is InChI=1S/C13H15F4NO2/c1-12(2,3)20-7-11(19)18-8-4-5-10(14)9(6-8)13(15,16)17/h4-6H,7H2,1-3H3,(H,18,19). The second-order valence-corrected chi connectivity index (χ2v) is 5.14. The molecule has 0 fully saturated rings. The minimum atomic E-state index is -4.81. The number of benzene rings is 1. The van der Waals surface area contributed by atoms with Crippen LogP contribution in [0.5, 0.6) is 0 Å². The molecule has 112 valence electrons. The summed E-state index contributed by atoms with van der Waals surface area (Å²) in [5.41, 5.74) is -2.11. The molecule has 20 heavy (non-hydrogen) atoms. The minimum Gasteiger partial charge on any atom is -0.366 e. The zero-order valence-corrected chi connectivity index (χ0v) is 11.3. The average molecular weight is 293 g/mol. The van der Waals surface area contributed by atoms with Crippen molar-refractivity contribution in [3.05, 3.63) is 29.6 Å². The Labute approximate surface area is 113 Å². The van der Waals surface area contributed by atoms with Crippen molar-refractivity contribution in [1.29, 1.82) is 0 Å². The first-order valence-electron chi connectivity index (χ1n) is 5.79. The molecular formula is C13H15F4NO2. The second kappa shape index (κ2) is 5.78. The predicted octanol–water partition coefficient (Wildman–Crippen LogP) is 3.60. The van der Waals surface area contributed by atoms with E-state index in [1.165, 1.54) is 0 Å². The van der Waals surface area contributed by atoms with Crippen LogP contribution in [-0.4, -0.2) is 18.1 Å². The van der Waals surface area contributed by atoms with E-state index < -0.39 is 29.1 Å². The van der Waals surface area contributed by atoms with Gasteiger partial charge < -0.3 is 10.1 Å². The van der Waals surface area contributed by atoms with Gasteiger partial charge >= 0.3 is 6.18 Å². The van der Waals surface area contributed by atoms with Crippen LogP contribution in [0.1, 0.15) is 26.3 Å². The molecule has 1 N–H and O–H groups in total. The lowest BCUT2D eigenvalue weighted by molar-refractivity contribution is -0.140. The van der Waals surface area contributed by atoms with Crippen molar-refractivity contribution in [2.45, 2.75) is 32.5 Å². The van der Waals surface area contributed by atoms with Gasteiger partial charge in [0.2, 0.25) is 5.91 Å². The summed E-state index contributed by atoms with van der Waals surface area (Å²) in [5.74, 6) is -2.00. The molecule has 1 rings (SSSR count). The van der Waals surface area contributed by atoms with Crippen molar-refractivity contribution in [2.24, 2.45) is 0 Å². The van der Waals surface area contributed by atoms with E-state index in [1.54, 1.807) is 20.8 Å². The number of carbonyl (C=O) groups excluding carboxylic acids is 1. The third kappa shape index (κ3) is 5.16. The normalized spacial score (nSPS) is 12.3. The first kappa shape index (κ1) is 16.4. The van der Waals surface area contributed by atoms with Gasteiger partial charge in [0, 0.05) is 5.69 Å². The van der Waals surface area contributed by atoms with Gasteiger partial charge in [-0.1, -0.05) is 0 Å². The number of carbonyl (C=O) groups is 1. The Morgan fingerprint density at radius 1 is 1.25 bits per heavy atom. The number of halogens is 4. The fourth-order valence-corrected chi connectivity index (χ4v) is 1.30. The number of hydrogen-bond donors (Lipinski definition) is 1. The van der Waals surface area contributed by atoms with Crippen molar-refractivity contribution >= 4 is 11.6 Å². The van der Waals surface area contributed by atoms with Gasteiger partial charge in [-0.25, -0.2) is 4.39 Å². The summed E-state index contributed by atoms with van der Waals surface area (Å²) in [6.07, 6.45) is -4.81. The molecular weight excluding hydrogens is 278 g/mol. The summed E-state index contributed by atoms with van der Waals surface area (Å²) in [5, 5.41) is 2.22. The van der Waals surface area contributed by atoms with Gasteiger partial charge in [-0.15, -0.1) is 0 Å². The van der Waals surface area contributed by atoms with Gasteiger partial charge in [0.25, 0.3) is 0 Å². The van der Waals surface area contributed by atoms with E-state index in [-0.39, 0.29) is 12.3 Å². The van der Waals surface area contributed by atoms with E-state index >= 15 is 0 Å². The molecule has 0 spiro atoms. The molecule has 0 atom stereocenters. The monoisotopic (exact) mass is 293 g/mol. The highest BCUT2D eigenvalue weighted by Crippen LogP contribution is 2.32. The molecule has 0 saturated heterocycles. The van der Waals surface area contributed by atoms with Crippen molar-refractivity contribution < 1.29 is 27.1 Å². The van der Waals surface area contributed by atoms with Crippen LogP contribution in [0, 0.1) is 5.82 Å². The van der Waals surface area contributed by atoms with E-state index in [0.717, 1.165) is 6.07 Å². The van der Waals surface area contributed by atoms with Crippen LogP contribution in [-0.2, 0) is 15.7 Å². The molecule has 3 nitrogen and oxygen atoms in total. The van der Waals surface area contributed by atoms with E-state index in [4.69, 9.17) is 4.74 Å². The quantitative estimate of drug-likeness (QED) is 0.865. The van der Waals surface area contributed by atoms with Crippen LogP contribution in [0.3, 0.4) is 0 Å². The molecule has 0 aliphatic carbocycles. The highest BCUT2D eigenvalue weighted by atomic mass is 19.4. The Morgan fingerprint density at radius 2 is 1.85 bits per heavy atom. The molecule has 0 unspecified atom stereocenters. The number of anilines is 1. The Balaban J connectivity index is 2.77. The second-order valence-electron chi connectivity index (χ2n) is 5.14. The van der Waals surface area contributed by atoms with Gasteiger partial charge in [0.1, 0.15) is 12.4 Å². The largest absolute Gasteiger partial charge is 0.419 e. The Kier molecular flexibility index (Phi) is 4.75. The third-order valence-corrected chi connectivity index (χ3v) is 2.19. The fraction of sp³-hybridized carbons (Fsp3) is 0.462. The summed E-state index contributed by atoms with van der Waals surface area (Å²) in [6.45, 7) is 4.90. The van der Waals surface area contributed by atoms with Gasteiger partial charge in [-0.2, -0.15) is 13.2 Å². The molecule has 1 aromatic rings. The summed E-state index contributed by atoms with van der Waals surface area (Å²) >= 11 is 0.